The standard InChI is InChI=1S/C14H10F3N5O2/c15-14(16,17)6-24-11-5-4-10(21-22-11)13(23)20-9-3-1-2-8-12(9)19-7-18-8/h1-5,7H,6H2,(H,18,19)(H,20,23). The van der Waals surface area contributed by atoms with E-state index >= 15 is 0 Å². The number of halogens is 3. The number of aromatic nitrogens is 4. The van der Waals surface area contributed by atoms with Gasteiger partial charge in [0.1, 0.15) is 5.52 Å². The minimum absolute atomic E-state index is 0.0677. The first-order valence-electron chi connectivity index (χ1n) is 6.69. The molecule has 0 aliphatic carbocycles. The van der Waals surface area contributed by atoms with Crippen LogP contribution in [-0.2, 0) is 0 Å². The molecule has 0 bridgehead atoms. The van der Waals surface area contributed by atoms with Gasteiger partial charge in [-0.3, -0.25) is 4.79 Å². The van der Waals surface area contributed by atoms with Crippen molar-refractivity contribution in [2.75, 3.05) is 11.9 Å². The smallest absolute Gasteiger partial charge is 0.422 e. The summed E-state index contributed by atoms with van der Waals surface area (Å²) in [5.41, 5.74) is 1.72. The summed E-state index contributed by atoms with van der Waals surface area (Å²) >= 11 is 0. The van der Waals surface area contributed by atoms with Crippen LogP contribution in [0.3, 0.4) is 0 Å². The molecule has 0 saturated heterocycles. The highest BCUT2D eigenvalue weighted by Gasteiger charge is 2.28. The molecule has 0 spiro atoms. The van der Waals surface area contributed by atoms with Crippen molar-refractivity contribution in [2.24, 2.45) is 0 Å². The minimum Gasteiger partial charge on any atom is -0.467 e. The fourth-order valence-corrected chi connectivity index (χ4v) is 1.93. The molecule has 2 N–H and O–H groups in total. The second-order valence-electron chi connectivity index (χ2n) is 4.72. The number of carbonyl (C=O) groups is 1. The van der Waals surface area contributed by atoms with Crippen LogP contribution in [0.2, 0.25) is 0 Å². The summed E-state index contributed by atoms with van der Waals surface area (Å²) in [4.78, 5) is 19.1. The molecule has 124 valence electrons. The molecular weight excluding hydrogens is 327 g/mol. The molecule has 0 saturated carbocycles. The number of benzene rings is 1. The van der Waals surface area contributed by atoms with Gasteiger partial charge >= 0.3 is 6.18 Å². The van der Waals surface area contributed by atoms with Crippen molar-refractivity contribution in [1.82, 2.24) is 20.2 Å². The summed E-state index contributed by atoms with van der Waals surface area (Å²) in [6, 6.07) is 7.55. The van der Waals surface area contributed by atoms with Crippen LogP contribution < -0.4 is 10.1 Å². The molecule has 3 aromatic rings. The molecule has 10 heteroatoms. The Hall–Kier alpha value is -3.17. The van der Waals surface area contributed by atoms with Gasteiger partial charge in [0, 0.05) is 6.07 Å². The van der Waals surface area contributed by atoms with Crippen molar-refractivity contribution in [1.29, 1.82) is 0 Å². The molecule has 0 aliphatic rings. The van der Waals surface area contributed by atoms with E-state index in [2.05, 4.69) is 30.2 Å². The van der Waals surface area contributed by atoms with Gasteiger partial charge in [-0.15, -0.1) is 10.2 Å². The van der Waals surface area contributed by atoms with Crippen LogP contribution in [0.4, 0.5) is 18.9 Å². The Kier molecular flexibility index (Phi) is 4.02. The lowest BCUT2D eigenvalue weighted by molar-refractivity contribution is -0.154. The molecule has 2 heterocycles. The average Bonchev–Trinajstić information content (AvgIpc) is 3.02. The van der Waals surface area contributed by atoms with Gasteiger partial charge in [0.05, 0.1) is 17.5 Å². The highest BCUT2D eigenvalue weighted by Crippen LogP contribution is 2.20. The summed E-state index contributed by atoms with van der Waals surface area (Å²) in [5, 5.41) is 9.62. The van der Waals surface area contributed by atoms with Crippen molar-refractivity contribution >= 4 is 22.6 Å². The molecule has 1 aromatic carbocycles. The third-order valence-electron chi connectivity index (χ3n) is 2.95. The van der Waals surface area contributed by atoms with Crippen LogP contribution in [-0.4, -0.2) is 38.9 Å². The maximum absolute atomic E-state index is 12.1. The molecule has 0 unspecified atom stereocenters. The molecule has 2 aromatic heterocycles. The molecular formula is C14H10F3N5O2. The number of nitrogens with one attached hydrogen (secondary N) is 2. The fourth-order valence-electron chi connectivity index (χ4n) is 1.93. The predicted octanol–water partition coefficient (Wildman–Crippen LogP) is 2.55. The van der Waals surface area contributed by atoms with Crippen LogP contribution in [0.1, 0.15) is 10.5 Å². The van der Waals surface area contributed by atoms with Gasteiger partial charge in [-0.2, -0.15) is 13.2 Å². The Labute approximate surface area is 132 Å². The van der Waals surface area contributed by atoms with Crippen molar-refractivity contribution in [3.8, 4) is 5.88 Å². The number of hydrogen-bond acceptors (Lipinski definition) is 5. The van der Waals surface area contributed by atoms with Gasteiger partial charge in [-0.25, -0.2) is 4.98 Å². The lowest BCUT2D eigenvalue weighted by atomic mass is 10.2. The number of nitrogens with zero attached hydrogens (tertiary/aromatic N) is 3. The number of amides is 1. The lowest BCUT2D eigenvalue weighted by Gasteiger charge is -2.08. The molecule has 0 fully saturated rings. The Morgan fingerprint density at radius 1 is 1.21 bits per heavy atom. The number of alkyl halides is 3. The van der Waals surface area contributed by atoms with Crippen LogP contribution in [0.5, 0.6) is 5.88 Å². The SMILES string of the molecule is O=C(Nc1cccc2[nH]cnc12)c1ccc(OCC(F)(F)F)nn1. The quantitative estimate of drug-likeness (QED) is 0.763. The van der Waals surface area contributed by atoms with E-state index in [4.69, 9.17) is 0 Å². The summed E-state index contributed by atoms with van der Waals surface area (Å²) < 4.78 is 40.6. The number of imidazole rings is 1. The molecule has 0 radical (unpaired) electrons. The van der Waals surface area contributed by atoms with Gasteiger partial charge in [-0.1, -0.05) is 6.07 Å². The summed E-state index contributed by atoms with van der Waals surface area (Å²) in [5.74, 6) is -0.890. The number of carbonyl (C=O) groups excluding carboxylic acids is 1. The van der Waals surface area contributed by atoms with E-state index in [0.29, 0.717) is 11.2 Å². The fraction of sp³-hybridized carbons (Fsp3) is 0.143. The second-order valence-corrected chi connectivity index (χ2v) is 4.72. The van der Waals surface area contributed by atoms with E-state index in [1.165, 1.54) is 12.4 Å². The average molecular weight is 337 g/mol. The molecule has 3 rings (SSSR count). The van der Waals surface area contributed by atoms with Crippen molar-refractivity contribution in [3.63, 3.8) is 0 Å². The van der Waals surface area contributed by atoms with E-state index in [1.54, 1.807) is 18.2 Å². The van der Waals surface area contributed by atoms with E-state index in [1.807, 2.05) is 0 Å². The number of rotatable bonds is 4. The van der Waals surface area contributed by atoms with Gasteiger partial charge in [-0.05, 0) is 18.2 Å². The molecule has 7 nitrogen and oxygen atoms in total. The monoisotopic (exact) mass is 337 g/mol. The maximum Gasteiger partial charge on any atom is 0.422 e. The molecule has 24 heavy (non-hydrogen) atoms. The van der Waals surface area contributed by atoms with Crippen LogP contribution in [0.25, 0.3) is 11.0 Å². The number of aromatic amines is 1. The molecule has 0 atom stereocenters. The number of H-pyrrole nitrogens is 1. The first kappa shape index (κ1) is 15.7. The topological polar surface area (TPSA) is 92.8 Å². The zero-order chi connectivity index (χ0) is 17.2. The van der Waals surface area contributed by atoms with Crippen LogP contribution >= 0.6 is 0 Å². The predicted molar refractivity (Wildman–Crippen MR) is 77.6 cm³/mol. The van der Waals surface area contributed by atoms with Crippen molar-refractivity contribution in [3.05, 3.63) is 42.4 Å². The van der Waals surface area contributed by atoms with E-state index < -0.39 is 18.7 Å². The van der Waals surface area contributed by atoms with Gasteiger partial charge in [0.25, 0.3) is 5.91 Å². The number of para-hydroxylation sites is 1. The molecule has 0 aliphatic heterocycles. The Morgan fingerprint density at radius 2 is 2.04 bits per heavy atom. The van der Waals surface area contributed by atoms with Gasteiger partial charge < -0.3 is 15.0 Å². The summed E-state index contributed by atoms with van der Waals surface area (Å²) in [6.45, 7) is -1.48. The van der Waals surface area contributed by atoms with Crippen LogP contribution in [0, 0.1) is 0 Å². The third kappa shape index (κ3) is 3.59. The first-order chi connectivity index (χ1) is 11.4. The van der Waals surface area contributed by atoms with Crippen molar-refractivity contribution in [2.45, 2.75) is 6.18 Å². The normalized spacial score (nSPS) is 11.5. The van der Waals surface area contributed by atoms with Gasteiger partial charge in [0.15, 0.2) is 12.3 Å². The van der Waals surface area contributed by atoms with Crippen LogP contribution in [0.15, 0.2) is 36.7 Å². The Balaban J connectivity index is 1.70. The lowest BCUT2D eigenvalue weighted by Crippen LogP contribution is -2.20. The summed E-state index contributed by atoms with van der Waals surface area (Å²) in [6.07, 6.45) is -2.98. The van der Waals surface area contributed by atoms with E-state index in [0.717, 1.165) is 11.6 Å². The number of ether oxygens (including phenoxy) is 1. The van der Waals surface area contributed by atoms with E-state index in [9.17, 15) is 18.0 Å². The highest BCUT2D eigenvalue weighted by molar-refractivity contribution is 6.06. The maximum atomic E-state index is 12.1. The second kappa shape index (κ2) is 6.14. The number of fused-ring (bicyclic) bond motifs is 1. The van der Waals surface area contributed by atoms with E-state index in [-0.39, 0.29) is 11.6 Å². The van der Waals surface area contributed by atoms with Crippen molar-refractivity contribution < 1.29 is 22.7 Å². The summed E-state index contributed by atoms with van der Waals surface area (Å²) in [7, 11) is 0. The molecule has 1 amide bonds. The Morgan fingerprint density at radius 3 is 2.75 bits per heavy atom. The van der Waals surface area contributed by atoms with Gasteiger partial charge in [0.2, 0.25) is 5.88 Å². The minimum atomic E-state index is -4.47. The number of hydrogen-bond donors (Lipinski definition) is 2. The highest BCUT2D eigenvalue weighted by atomic mass is 19.4. The number of anilines is 1. The first-order valence-corrected chi connectivity index (χ1v) is 6.69. The largest absolute Gasteiger partial charge is 0.467 e. The third-order valence-corrected chi connectivity index (χ3v) is 2.95. The Bertz CT molecular complexity index is 861. The zero-order valence-corrected chi connectivity index (χ0v) is 12.0. The zero-order valence-electron chi connectivity index (χ0n) is 12.0.